The number of para-hydroxylation sites is 1. The minimum Gasteiger partial charge on any atom is -0.489 e. The summed E-state index contributed by atoms with van der Waals surface area (Å²) in [6, 6.07) is 19.5. The van der Waals surface area contributed by atoms with Gasteiger partial charge in [0.1, 0.15) is 12.4 Å². The van der Waals surface area contributed by atoms with Gasteiger partial charge >= 0.3 is 0 Å². The van der Waals surface area contributed by atoms with Crippen molar-refractivity contribution in [3.8, 4) is 5.75 Å². The first-order valence-corrected chi connectivity index (χ1v) is 9.50. The minimum atomic E-state index is -0.291. The Bertz CT molecular complexity index is 886. The Morgan fingerprint density at radius 1 is 1.07 bits per heavy atom. The van der Waals surface area contributed by atoms with Crippen LogP contribution in [0.5, 0.6) is 5.75 Å². The number of hydrogen-bond acceptors (Lipinski definition) is 4. The van der Waals surface area contributed by atoms with E-state index in [1.807, 2.05) is 54.6 Å². The van der Waals surface area contributed by atoms with Gasteiger partial charge in [-0.2, -0.15) is 0 Å². The predicted octanol–water partition coefficient (Wildman–Crippen LogP) is 5.35. The fraction of sp³-hybridized carbons (Fsp3) is 0.261. The number of nitrogens with one attached hydrogen (secondary N) is 1. The molecule has 0 saturated heterocycles. The summed E-state index contributed by atoms with van der Waals surface area (Å²) in [4.78, 5) is 14.9. The van der Waals surface area contributed by atoms with Gasteiger partial charge in [-0.05, 0) is 63.2 Å². The van der Waals surface area contributed by atoms with Crippen LogP contribution in [-0.4, -0.2) is 18.5 Å². The van der Waals surface area contributed by atoms with Crippen LogP contribution < -0.4 is 15.0 Å². The fourth-order valence-electron chi connectivity index (χ4n) is 3.10. The van der Waals surface area contributed by atoms with Crippen LogP contribution in [0.3, 0.4) is 0 Å². The van der Waals surface area contributed by atoms with Gasteiger partial charge in [-0.1, -0.05) is 18.2 Å². The van der Waals surface area contributed by atoms with Crippen molar-refractivity contribution in [2.45, 2.75) is 33.4 Å². The van der Waals surface area contributed by atoms with E-state index in [0.29, 0.717) is 11.6 Å². The average molecular weight is 378 g/mol. The first-order chi connectivity index (χ1) is 13.6. The zero-order valence-corrected chi connectivity index (χ0v) is 16.5. The molecule has 3 aromatic rings. The first kappa shape index (κ1) is 19.5. The third kappa shape index (κ3) is 4.74. The third-order valence-corrected chi connectivity index (χ3v) is 4.51. The number of rotatable bonds is 8. The molecule has 0 radical (unpaired) electrons. The Morgan fingerprint density at radius 3 is 2.43 bits per heavy atom. The molecular weight excluding hydrogens is 352 g/mol. The Labute approximate surface area is 165 Å². The van der Waals surface area contributed by atoms with Gasteiger partial charge in [0.15, 0.2) is 5.76 Å². The normalized spacial score (nSPS) is 10.7. The van der Waals surface area contributed by atoms with Gasteiger partial charge < -0.3 is 19.4 Å². The topological polar surface area (TPSA) is 54.7 Å². The number of carbonyl (C=O) groups excluding carboxylic acids is 1. The summed E-state index contributed by atoms with van der Waals surface area (Å²) in [5, 5.41) is 2.89. The Morgan fingerprint density at radius 2 is 1.79 bits per heavy atom. The number of furan rings is 1. The molecule has 0 aliphatic carbocycles. The van der Waals surface area contributed by atoms with Crippen LogP contribution in [-0.2, 0) is 6.61 Å². The largest absolute Gasteiger partial charge is 0.489 e. The van der Waals surface area contributed by atoms with E-state index in [0.717, 1.165) is 23.7 Å². The van der Waals surface area contributed by atoms with Gasteiger partial charge in [-0.25, -0.2) is 0 Å². The molecule has 2 aromatic carbocycles. The van der Waals surface area contributed by atoms with Crippen molar-refractivity contribution in [3.05, 3.63) is 78.3 Å². The van der Waals surface area contributed by atoms with Crippen LogP contribution >= 0.6 is 0 Å². The zero-order valence-electron chi connectivity index (χ0n) is 16.5. The van der Waals surface area contributed by atoms with Gasteiger partial charge in [0.2, 0.25) is 0 Å². The van der Waals surface area contributed by atoms with E-state index in [9.17, 15) is 4.79 Å². The van der Waals surface area contributed by atoms with E-state index in [1.54, 1.807) is 6.07 Å². The molecule has 3 rings (SSSR count). The Balaban J connectivity index is 1.64. The van der Waals surface area contributed by atoms with Gasteiger partial charge in [0.05, 0.1) is 6.26 Å². The molecule has 1 amide bonds. The van der Waals surface area contributed by atoms with E-state index in [4.69, 9.17) is 9.15 Å². The highest BCUT2D eigenvalue weighted by atomic mass is 16.5. The molecule has 1 N–H and O–H groups in total. The lowest BCUT2D eigenvalue weighted by Gasteiger charge is -2.27. The van der Waals surface area contributed by atoms with Crippen LogP contribution in [0.15, 0.2) is 71.3 Å². The molecule has 0 aliphatic heterocycles. The number of ether oxygens (including phenoxy) is 1. The highest BCUT2D eigenvalue weighted by Gasteiger charge is 2.16. The standard InChI is InChI=1S/C23H26N2O3/c1-4-25(17(2)3)20-12-10-19(11-13-20)24-23(26)22-18(14-15-27-22)16-28-21-8-6-5-7-9-21/h5-15,17H,4,16H2,1-3H3,(H,24,26). The summed E-state index contributed by atoms with van der Waals surface area (Å²) >= 11 is 0. The van der Waals surface area contributed by atoms with Crippen molar-refractivity contribution in [1.82, 2.24) is 0 Å². The predicted molar refractivity (Wildman–Crippen MR) is 112 cm³/mol. The van der Waals surface area contributed by atoms with Crippen LogP contribution in [0.2, 0.25) is 0 Å². The average Bonchev–Trinajstić information content (AvgIpc) is 3.17. The summed E-state index contributed by atoms with van der Waals surface area (Å²) in [7, 11) is 0. The molecular formula is C23H26N2O3. The summed E-state index contributed by atoms with van der Waals surface area (Å²) in [6.45, 7) is 7.65. The van der Waals surface area contributed by atoms with Gasteiger partial charge in [0.25, 0.3) is 5.91 Å². The van der Waals surface area contributed by atoms with Crippen LogP contribution in [0.4, 0.5) is 11.4 Å². The smallest absolute Gasteiger partial charge is 0.291 e. The monoisotopic (exact) mass is 378 g/mol. The highest BCUT2D eigenvalue weighted by Crippen LogP contribution is 2.21. The summed E-state index contributed by atoms with van der Waals surface area (Å²) < 4.78 is 11.1. The molecule has 0 atom stereocenters. The third-order valence-electron chi connectivity index (χ3n) is 4.51. The van der Waals surface area contributed by atoms with E-state index in [2.05, 4.69) is 31.0 Å². The molecule has 146 valence electrons. The molecule has 0 aliphatic rings. The van der Waals surface area contributed by atoms with Crippen molar-refractivity contribution < 1.29 is 13.9 Å². The van der Waals surface area contributed by atoms with Crippen LogP contribution in [0, 0.1) is 0 Å². The van der Waals surface area contributed by atoms with E-state index in [1.165, 1.54) is 6.26 Å². The Kier molecular flexibility index (Phi) is 6.37. The molecule has 0 spiro atoms. The van der Waals surface area contributed by atoms with Crippen molar-refractivity contribution in [3.63, 3.8) is 0 Å². The van der Waals surface area contributed by atoms with E-state index < -0.39 is 0 Å². The van der Waals surface area contributed by atoms with Crippen molar-refractivity contribution in [2.24, 2.45) is 0 Å². The van der Waals surface area contributed by atoms with E-state index >= 15 is 0 Å². The lowest BCUT2D eigenvalue weighted by molar-refractivity contribution is 0.0993. The van der Waals surface area contributed by atoms with Crippen LogP contribution in [0.1, 0.15) is 36.9 Å². The number of hydrogen-bond donors (Lipinski definition) is 1. The molecule has 5 nitrogen and oxygen atoms in total. The molecule has 1 heterocycles. The number of benzene rings is 2. The Hall–Kier alpha value is -3.21. The van der Waals surface area contributed by atoms with Crippen LogP contribution in [0.25, 0.3) is 0 Å². The SMILES string of the molecule is CCN(c1ccc(NC(=O)c2occc2COc2ccccc2)cc1)C(C)C. The van der Waals surface area contributed by atoms with Crippen molar-refractivity contribution >= 4 is 17.3 Å². The maximum Gasteiger partial charge on any atom is 0.291 e. The minimum absolute atomic E-state index is 0.261. The lowest BCUT2D eigenvalue weighted by Crippen LogP contribution is -2.30. The molecule has 5 heteroatoms. The molecule has 0 fully saturated rings. The zero-order chi connectivity index (χ0) is 19.9. The summed E-state index contributed by atoms with van der Waals surface area (Å²) in [5.41, 5.74) is 2.56. The second-order valence-electron chi connectivity index (χ2n) is 6.76. The van der Waals surface area contributed by atoms with E-state index in [-0.39, 0.29) is 18.3 Å². The quantitative estimate of drug-likeness (QED) is 0.574. The number of carbonyl (C=O) groups is 1. The van der Waals surface area contributed by atoms with Crippen molar-refractivity contribution in [1.29, 1.82) is 0 Å². The number of nitrogens with zero attached hydrogens (tertiary/aromatic N) is 1. The summed E-state index contributed by atoms with van der Waals surface area (Å²) in [5.74, 6) is 0.717. The molecule has 0 saturated carbocycles. The fourth-order valence-corrected chi connectivity index (χ4v) is 3.10. The van der Waals surface area contributed by atoms with Gasteiger partial charge in [0, 0.05) is 29.5 Å². The second-order valence-corrected chi connectivity index (χ2v) is 6.76. The van der Waals surface area contributed by atoms with Gasteiger partial charge in [-0.15, -0.1) is 0 Å². The number of amides is 1. The molecule has 28 heavy (non-hydrogen) atoms. The van der Waals surface area contributed by atoms with Crippen molar-refractivity contribution in [2.75, 3.05) is 16.8 Å². The first-order valence-electron chi connectivity index (χ1n) is 9.50. The highest BCUT2D eigenvalue weighted by molar-refractivity contribution is 6.03. The lowest BCUT2D eigenvalue weighted by atomic mass is 10.2. The van der Waals surface area contributed by atoms with Gasteiger partial charge in [-0.3, -0.25) is 4.79 Å². The maximum atomic E-state index is 12.6. The summed E-state index contributed by atoms with van der Waals surface area (Å²) in [6.07, 6.45) is 1.50. The molecule has 1 aromatic heterocycles. The molecule has 0 unspecified atom stereocenters. The second kappa shape index (κ2) is 9.13. The maximum absolute atomic E-state index is 12.6. The number of anilines is 2. The molecule has 0 bridgehead atoms.